The minimum Gasteiger partial charge on any atom is -0.495 e. The predicted octanol–water partition coefficient (Wildman–Crippen LogP) is 5.83. The zero-order valence-electron chi connectivity index (χ0n) is 12.7. The zero-order chi connectivity index (χ0) is 16.0. The van der Waals surface area contributed by atoms with Gasteiger partial charge in [-0.1, -0.05) is 59.6 Å². The lowest BCUT2D eigenvalue weighted by Gasteiger charge is -2.38. The Morgan fingerprint density at radius 1 is 1.09 bits per heavy atom. The highest BCUT2D eigenvalue weighted by molar-refractivity contribution is 6.42. The van der Waals surface area contributed by atoms with Gasteiger partial charge in [0.1, 0.15) is 5.75 Å². The van der Waals surface area contributed by atoms with Crippen molar-refractivity contribution in [3.05, 3.63) is 69.7 Å². The van der Waals surface area contributed by atoms with E-state index in [-0.39, 0.29) is 6.04 Å². The summed E-state index contributed by atoms with van der Waals surface area (Å²) in [5, 5.41) is 4.90. The number of halogens is 2. The summed E-state index contributed by atoms with van der Waals surface area (Å²) in [5.74, 6) is 1.68. The monoisotopic (exact) mass is 345 g/mol. The largest absolute Gasteiger partial charge is 0.495 e. The molecule has 2 aromatic rings. The minimum absolute atomic E-state index is 0.116. The molecule has 23 heavy (non-hydrogen) atoms. The highest BCUT2D eigenvalue weighted by atomic mass is 35.5. The van der Waals surface area contributed by atoms with Gasteiger partial charge >= 0.3 is 0 Å². The molecule has 2 aromatic carbocycles. The van der Waals surface area contributed by atoms with E-state index in [1.54, 1.807) is 7.11 Å². The molecule has 0 saturated heterocycles. The Kier molecular flexibility index (Phi) is 3.74. The van der Waals surface area contributed by atoms with Gasteiger partial charge in [-0.3, -0.25) is 0 Å². The first-order valence-electron chi connectivity index (χ1n) is 7.74. The maximum absolute atomic E-state index is 6.49. The molecule has 4 rings (SSSR count). The number of benzene rings is 2. The number of nitrogens with one attached hydrogen (secondary N) is 1. The first-order valence-corrected chi connectivity index (χ1v) is 8.50. The molecule has 0 amide bonds. The quantitative estimate of drug-likeness (QED) is 0.691. The molecular formula is C19H17Cl2NO. The second-order valence-corrected chi connectivity index (χ2v) is 6.83. The number of para-hydroxylation sites is 1. The van der Waals surface area contributed by atoms with E-state index in [4.69, 9.17) is 27.9 Å². The number of hydrogen-bond acceptors (Lipinski definition) is 2. The van der Waals surface area contributed by atoms with Crippen LogP contribution >= 0.6 is 23.2 Å². The Balaban J connectivity index is 1.85. The van der Waals surface area contributed by atoms with Gasteiger partial charge in [0.05, 0.1) is 28.9 Å². The number of ether oxygens (including phenoxy) is 1. The SMILES string of the molecule is COc1cccc2c1N[C@@H](c1cccc(Cl)c1Cl)[C@H]1CC=C[C@H]21. The first kappa shape index (κ1) is 14.9. The average Bonchev–Trinajstić information content (AvgIpc) is 3.06. The summed E-state index contributed by atoms with van der Waals surface area (Å²) in [6, 6.07) is 12.2. The van der Waals surface area contributed by atoms with Crippen LogP contribution < -0.4 is 10.1 Å². The van der Waals surface area contributed by atoms with Gasteiger partial charge in [0, 0.05) is 5.92 Å². The normalized spacial score (nSPS) is 24.7. The Bertz CT molecular complexity index is 787. The van der Waals surface area contributed by atoms with Gasteiger partial charge in [0.15, 0.2) is 0 Å². The van der Waals surface area contributed by atoms with Crippen LogP contribution in [0.25, 0.3) is 0 Å². The van der Waals surface area contributed by atoms with E-state index in [0.717, 1.165) is 23.4 Å². The Morgan fingerprint density at radius 2 is 1.87 bits per heavy atom. The maximum atomic E-state index is 6.49. The van der Waals surface area contributed by atoms with Crippen LogP contribution in [0.15, 0.2) is 48.6 Å². The summed E-state index contributed by atoms with van der Waals surface area (Å²) < 4.78 is 5.55. The zero-order valence-corrected chi connectivity index (χ0v) is 14.2. The molecule has 0 saturated carbocycles. The van der Waals surface area contributed by atoms with Crippen LogP contribution in [-0.4, -0.2) is 7.11 Å². The smallest absolute Gasteiger partial charge is 0.142 e. The third-order valence-corrected chi connectivity index (χ3v) is 5.73. The molecule has 118 valence electrons. The van der Waals surface area contributed by atoms with Crippen LogP contribution in [0.5, 0.6) is 5.75 Å². The summed E-state index contributed by atoms with van der Waals surface area (Å²) in [4.78, 5) is 0. The van der Waals surface area contributed by atoms with E-state index in [2.05, 4.69) is 35.7 Å². The van der Waals surface area contributed by atoms with Gasteiger partial charge < -0.3 is 10.1 Å². The molecule has 4 heteroatoms. The topological polar surface area (TPSA) is 21.3 Å². The molecule has 0 spiro atoms. The van der Waals surface area contributed by atoms with Crippen molar-refractivity contribution in [1.29, 1.82) is 0 Å². The van der Waals surface area contributed by atoms with Crippen LogP contribution in [-0.2, 0) is 0 Å². The molecule has 0 bridgehead atoms. The lowest BCUT2D eigenvalue weighted by molar-refractivity contribution is 0.397. The minimum atomic E-state index is 0.116. The summed E-state index contributed by atoms with van der Waals surface area (Å²) >= 11 is 12.7. The number of hydrogen-bond donors (Lipinski definition) is 1. The van der Waals surface area contributed by atoms with Crippen molar-refractivity contribution < 1.29 is 4.74 Å². The number of fused-ring (bicyclic) bond motifs is 3. The van der Waals surface area contributed by atoms with Crippen molar-refractivity contribution >= 4 is 28.9 Å². The number of anilines is 1. The molecule has 1 aliphatic heterocycles. The second-order valence-electron chi connectivity index (χ2n) is 6.04. The van der Waals surface area contributed by atoms with E-state index < -0.39 is 0 Å². The molecule has 2 nitrogen and oxygen atoms in total. The fourth-order valence-corrected chi connectivity index (χ4v) is 4.26. The number of allylic oxidation sites excluding steroid dienone is 2. The highest BCUT2D eigenvalue weighted by Crippen LogP contribution is 2.53. The van der Waals surface area contributed by atoms with E-state index in [1.807, 2.05) is 18.2 Å². The molecular weight excluding hydrogens is 329 g/mol. The van der Waals surface area contributed by atoms with Crippen LogP contribution in [0.1, 0.15) is 29.5 Å². The van der Waals surface area contributed by atoms with Crippen molar-refractivity contribution in [3.8, 4) is 5.75 Å². The highest BCUT2D eigenvalue weighted by Gasteiger charge is 2.39. The van der Waals surface area contributed by atoms with Gasteiger partial charge in [-0.05, 0) is 35.6 Å². The molecule has 1 aliphatic carbocycles. The predicted molar refractivity (Wildman–Crippen MR) is 95.8 cm³/mol. The molecule has 0 fully saturated rings. The van der Waals surface area contributed by atoms with Crippen LogP contribution in [0.4, 0.5) is 5.69 Å². The fourth-order valence-electron chi connectivity index (χ4n) is 3.83. The third kappa shape index (κ3) is 2.32. The van der Waals surface area contributed by atoms with Crippen molar-refractivity contribution in [1.82, 2.24) is 0 Å². The Morgan fingerprint density at radius 3 is 2.70 bits per heavy atom. The summed E-state index contributed by atoms with van der Waals surface area (Å²) in [6.07, 6.45) is 5.59. The molecule has 1 heterocycles. The van der Waals surface area contributed by atoms with E-state index in [9.17, 15) is 0 Å². The standard InChI is InChI=1S/C19H17Cl2NO/c1-23-16-10-4-7-13-11-5-2-6-12(11)18(22-19(13)16)14-8-3-9-15(20)17(14)21/h2-5,7-12,18,22H,6H2,1H3/t11-,12-,18+/m0/s1. The van der Waals surface area contributed by atoms with Crippen LogP contribution in [0.3, 0.4) is 0 Å². The average molecular weight is 346 g/mol. The number of methoxy groups -OCH3 is 1. The van der Waals surface area contributed by atoms with Gasteiger partial charge in [-0.15, -0.1) is 0 Å². The van der Waals surface area contributed by atoms with Gasteiger partial charge in [-0.25, -0.2) is 0 Å². The first-order chi connectivity index (χ1) is 11.2. The Hall–Kier alpha value is -1.64. The summed E-state index contributed by atoms with van der Waals surface area (Å²) in [6.45, 7) is 0. The summed E-state index contributed by atoms with van der Waals surface area (Å²) in [5.41, 5.74) is 3.40. The molecule has 3 atom stereocenters. The third-order valence-electron chi connectivity index (χ3n) is 4.89. The van der Waals surface area contributed by atoms with Crippen molar-refractivity contribution in [2.75, 3.05) is 12.4 Å². The molecule has 0 aromatic heterocycles. The van der Waals surface area contributed by atoms with Crippen LogP contribution in [0.2, 0.25) is 10.0 Å². The summed E-state index contributed by atoms with van der Waals surface area (Å²) in [7, 11) is 1.70. The van der Waals surface area contributed by atoms with Crippen molar-refractivity contribution in [2.45, 2.75) is 18.4 Å². The van der Waals surface area contributed by atoms with Gasteiger partial charge in [-0.2, -0.15) is 0 Å². The van der Waals surface area contributed by atoms with Crippen molar-refractivity contribution in [3.63, 3.8) is 0 Å². The van der Waals surface area contributed by atoms with E-state index in [1.165, 1.54) is 5.56 Å². The fraction of sp³-hybridized carbons (Fsp3) is 0.263. The van der Waals surface area contributed by atoms with Crippen molar-refractivity contribution in [2.24, 2.45) is 5.92 Å². The number of rotatable bonds is 2. The van der Waals surface area contributed by atoms with E-state index in [0.29, 0.717) is 21.9 Å². The lowest BCUT2D eigenvalue weighted by Crippen LogP contribution is -2.29. The van der Waals surface area contributed by atoms with Gasteiger partial charge in [0.2, 0.25) is 0 Å². The molecule has 2 aliphatic rings. The Labute approximate surface area is 146 Å². The molecule has 0 radical (unpaired) electrons. The van der Waals surface area contributed by atoms with Crippen LogP contribution in [0, 0.1) is 5.92 Å². The second kappa shape index (κ2) is 5.77. The lowest BCUT2D eigenvalue weighted by atomic mass is 9.77. The molecule has 1 N–H and O–H groups in total. The van der Waals surface area contributed by atoms with Gasteiger partial charge in [0.25, 0.3) is 0 Å². The molecule has 0 unspecified atom stereocenters. The maximum Gasteiger partial charge on any atom is 0.142 e. The van der Waals surface area contributed by atoms with E-state index >= 15 is 0 Å².